The van der Waals surface area contributed by atoms with Crippen molar-refractivity contribution in [3.8, 4) is 0 Å². The second-order valence-electron chi connectivity index (χ2n) is 8.54. The number of nitrogens with zero attached hydrogens (tertiary/aromatic N) is 1. The quantitative estimate of drug-likeness (QED) is 0.351. The molecule has 148 valence electrons. The van der Waals surface area contributed by atoms with Gasteiger partial charge < -0.3 is 4.74 Å². The molecule has 0 amide bonds. The normalized spacial score (nSPS) is 18.9. The molecule has 3 aromatic rings. The summed E-state index contributed by atoms with van der Waals surface area (Å²) in [6, 6.07) is 29.8. The number of hydrogen-bond donors (Lipinski definition) is 0. The molecule has 1 aliphatic rings. The van der Waals surface area contributed by atoms with E-state index in [1.165, 1.54) is 0 Å². The van der Waals surface area contributed by atoms with Gasteiger partial charge in [0, 0.05) is 28.8 Å². The van der Waals surface area contributed by atoms with E-state index in [0.717, 1.165) is 23.2 Å². The van der Waals surface area contributed by atoms with Crippen molar-refractivity contribution in [1.82, 2.24) is 4.90 Å². The highest BCUT2D eigenvalue weighted by Gasteiger charge is 2.51. The Bertz CT molecular complexity index is 865. The first-order valence-electron chi connectivity index (χ1n) is 10.1. The fourth-order valence-corrected chi connectivity index (χ4v) is 4.00. The van der Waals surface area contributed by atoms with Gasteiger partial charge >= 0.3 is 5.97 Å². The van der Waals surface area contributed by atoms with E-state index in [2.05, 4.69) is 25.7 Å². The highest BCUT2D eigenvalue weighted by Crippen LogP contribution is 2.42. The number of carbonyl (C=O) groups is 1. The van der Waals surface area contributed by atoms with Crippen molar-refractivity contribution in [2.45, 2.75) is 38.0 Å². The van der Waals surface area contributed by atoms with Crippen LogP contribution in [0.25, 0.3) is 0 Å². The summed E-state index contributed by atoms with van der Waals surface area (Å²) in [5.41, 5.74) is 1.77. The first-order valence-corrected chi connectivity index (χ1v) is 10.1. The molecule has 0 aromatic heterocycles. The number of ether oxygens (including phenoxy) is 1. The van der Waals surface area contributed by atoms with Crippen molar-refractivity contribution < 1.29 is 9.53 Å². The van der Waals surface area contributed by atoms with Crippen LogP contribution < -0.4 is 0 Å². The van der Waals surface area contributed by atoms with E-state index in [4.69, 9.17) is 4.74 Å². The lowest BCUT2D eigenvalue weighted by Gasteiger charge is -2.35. The maximum Gasteiger partial charge on any atom is 0.326 e. The Hall–Kier alpha value is -2.91. The van der Waals surface area contributed by atoms with Gasteiger partial charge in [-0.05, 0) is 20.8 Å². The number of carbonyl (C=O) groups excluding carboxylic acids is 1. The number of benzene rings is 3. The SMILES string of the molecule is CC(C)(C)N1CC1C(=O)OC(c1ccccc1)(c1ccccc1)c1ccccc1. The molecular weight excluding hydrogens is 358 g/mol. The van der Waals surface area contributed by atoms with Gasteiger partial charge in [0.05, 0.1) is 0 Å². The molecule has 4 rings (SSSR count). The zero-order valence-electron chi connectivity index (χ0n) is 17.2. The molecule has 0 spiro atoms. The van der Waals surface area contributed by atoms with Crippen molar-refractivity contribution in [2.24, 2.45) is 0 Å². The van der Waals surface area contributed by atoms with Gasteiger partial charge in [0.1, 0.15) is 6.04 Å². The zero-order chi connectivity index (χ0) is 20.5. The van der Waals surface area contributed by atoms with Crippen LogP contribution >= 0.6 is 0 Å². The van der Waals surface area contributed by atoms with Crippen molar-refractivity contribution in [1.29, 1.82) is 0 Å². The van der Waals surface area contributed by atoms with Crippen molar-refractivity contribution in [3.05, 3.63) is 108 Å². The smallest absolute Gasteiger partial charge is 0.326 e. The molecule has 0 saturated carbocycles. The van der Waals surface area contributed by atoms with E-state index in [9.17, 15) is 4.79 Å². The molecule has 1 heterocycles. The van der Waals surface area contributed by atoms with Gasteiger partial charge in [-0.2, -0.15) is 0 Å². The van der Waals surface area contributed by atoms with Gasteiger partial charge in [-0.25, -0.2) is 0 Å². The Morgan fingerprint density at radius 1 is 0.759 bits per heavy atom. The molecule has 2 atom stereocenters. The predicted octanol–water partition coefficient (Wildman–Crippen LogP) is 5.00. The molecule has 3 aromatic carbocycles. The van der Waals surface area contributed by atoms with Gasteiger partial charge in [-0.1, -0.05) is 91.0 Å². The minimum absolute atomic E-state index is 0.0570. The van der Waals surface area contributed by atoms with Crippen LogP contribution in [0.1, 0.15) is 37.5 Å². The van der Waals surface area contributed by atoms with Crippen LogP contribution in [0.3, 0.4) is 0 Å². The number of rotatable bonds is 5. The second kappa shape index (κ2) is 7.49. The standard InChI is InChI=1S/C26H27NO2/c1-25(2,3)27-19-23(27)24(28)29-26(20-13-7-4-8-14-20,21-15-9-5-10-16-21)22-17-11-6-12-18-22/h4-18,23H,19H2,1-3H3. The highest BCUT2D eigenvalue weighted by molar-refractivity contribution is 5.81. The van der Waals surface area contributed by atoms with Crippen LogP contribution in [-0.4, -0.2) is 29.0 Å². The van der Waals surface area contributed by atoms with Gasteiger partial charge in [-0.15, -0.1) is 0 Å². The summed E-state index contributed by atoms with van der Waals surface area (Å²) < 4.78 is 6.47. The van der Waals surface area contributed by atoms with Gasteiger partial charge in [-0.3, -0.25) is 9.69 Å². The molecule has 0 aliphatic carbocycles. The molecule has 1 saturated heterocycles. The zero-order valence-corrected chi connectivity index (χ0v) is 17.2. The molecule has 1 aliphatic heterocycles. The van der Waals surface area contributed by atoms with Crippen LogP contribution in [0.5, 0.6) is 0 Å². The van der Waals surface area contributed by atoms with E-state index in [-0.39, 0.29) is 17.6 Å². The van der Waals surface area contributed by atoms with Crippen LogP contribution in [0.4, 0.5) is 0 Å². The average Bonchev–Trinajstić information content (AvgIpc) is 3.56. The topological polar surface area (TPSA) is 29.3 Å². The van der Waals surface area contributed by atoms with E-state index in [1.54, 1.807) is 0 Å². The monoisotopic (exact) mass is 385 g/mol. The maximum absolute atomic E-state index is 13.3. The Balaban J connectivity index is 1.84. The Morgan fingerprint density at radius 2 is 1.14 bits per heavy atom. The Kier molecular flexibility index (Phi) is 5.01. The Labute approximate surface area is 172 Å². The third kappa shape index (κ3) is 3.70. The minimum atomic E-state index is -0.993. The van der Waals surface area contributed by atoms with Crippen LogP contribution in [0.2, 0.25) is 0 Å². The number of hydrogen-bond acceptors (Lipinski definition) is 3. The summed E-state index contributed by atoms with van der Waals surface area (Å²) in [6.07, 6.45) is 0. The van der Waals surface area contributed by atoms with Gasteiger partial charge in [0.25, 0.3) is 0 Å². The van der Waals surface area contributed by atoms with Crippen LogP contribution in [0.15, 0.2) is 91.0 Å². The maximum atomic E-state index is 13.3. The summed E-state index contributed by atoms with van der Waals surface area (Å²) in [7, 11) is 0. The predicted molar refractivity (Wildman–Crippen MR) is 116 cm³/mol. The lowest BCUT2D eigenvalue weighted by atomic mass is 9.80. The minimum Gasteiger partial charge on any atom is -0.443 e. The van der Waals surface area contributed by atoms with E-state index in [0.29, 0.717) is 0 Å². The lowest BCUT2D eigenvalue weighted by Crippen LogP contribution is -2.38. The molecule has 3 nitrogen and oxygen atoms in total. The van der Waals surface area contributed by atoms with E-state index < -0.39 is 5.60 Å². The third-order valence-electron chi connectivity index (χ3n) is 5.54. The Morgan fingerprint density at radius 3 is 1.45 bits per heavy atom. The average molecular weight is 386 g/mol. The second-order valence-corrected chi connectivity index (χ2v) is 8.54. The van der Waals surface area contributed by atoms with Crippen molar-refractivity contribution >= 4 is 5.97 Å². The highest BCUT2D eigenvalue weighted by atomic mass is 16.6. The van der Waals surface area contributed by atoms with Crippen molar-refractivity contribution in [3.63, 3.8) is 0 Å². The molecule has 0 bridgehead atoms. The molecule has 3 heteroatoms. The fourth-order valence-electron chi connectivity index (χ4n) is 4.00. The third-order valence-corrected chi connectivity index (χ3v) is 5.54. The summed E-state index contributed by atoms with van der Waals surface area (Å²) in [5, 5.41) is 0. The van der Waals surface area contributed by atoms with Gasteiger partial charge in [0.15, 0.2) is 5.60 Å². The summed E-state index contributed by atoms with van der Waals surface area (Å²) in [5.74, 6) is -0.184. The van der Waals surface area contributed by atoms with E-state index in [1.807, 2.05) is 91.0 Å². The molecule has 0 radical (unpaired) electrons. The molecule has 29 heavy (non-hydrogen) atoms. The molecule has 2 unspecified atom stereocenters. The van der Waals surface area contributed by atoms with Crippen molar-refractivity contribution in [2.75, 3.05) is 6.54 Å². The van der Waals surface area contributed by atoms with E-state index >= 15 is 0 Å². The molecule has 0 N–H and O–H groups in total. The molecular formula is C26H27NO2. The summed E-state index contributed by atoms with van der Waals surface area (Å²) in [4.78, 5) is 15.5. The fraction of sp³-hybridized carbons (Fsp3) is 0.269. The summed E-state index contributed by atoms with van der Waals surface area (Å²) >= 11 is 0. The summed E-state index contributed by atoms with van der Waals surface area (Å²) in [6.45, 7) is 7.11. The first-order chi connectivity index (χ1) is 13.9. The van der Waals surface area contributed by atoms with Crippen LogP contribution in [-0.2, 0) is 15.1 Å². The lowest BCUT2D eigenvalue weighted by molar-refractivity contribution is -0.154. The first kappa shape index (κ1) is 19.4. The molecule has 1 fully saturated rings. The van der Waals surface area contributed by atoms with Crippen LogP contribution in [0, 0.1) is 0 Å². The largest absolute Gasteiger partial charge is 0.443 e. The number of esters is 1. The van der Waals surface area contributed by atoms with Gasteiger partial charge in [0.2, 0.25) is 0 Å².